The molecule has 0 fully saturated rings. The molecular weight excluding hydrogens is 312 g/mol. The molecule has 25 heavy (non-hydrogen) atoms. The molecule has 2 aromatic carbocycles. The molecule has 4 heteroatoms. The molecule has 128 valence electrons. The number of nitrogens with one attached hydrogen (secondary N) is 1. The Morgan fingerprint density at radius 1 is 1.08 bits per heavy atom. The van der Waals surface area contributed by atoms with Gasteiger partial charge in [-0.1, -0.05) is 57.2 Å². The highest BCUT2D eigenvalue weighted by Crippen LogP contribution is 2.24. The van der Waals surface area contributed by atoms with Crippen LogP contribution < -0.4 is 0 Å². The molecule has 1 aromatic heterocycles. The number of aromatic hydroxyl groups is 1. The van der Waals surface area contributed by atoms with Crippen LogP contribution in [0.5, 0.6) is 5.75 Å². The number of H-pyrrole nitrogens is 1. The summed E-state index contributed by atoms with van der Waals surface area (Å²) in [6.45, 7) is 6.50. The second-order valence-electron chi connectivity index (χ2n) is 7.26. The lowest BCUT2D eigenvalue weighted by Gasteiger charge is -2.19. The number of nitrogens with zero attached hydrogens (tertiary/aromatic N) is 1. The third-order valence-corrected chi connectivity index (χ3v) is 4.20. The average Bonchev–Trinajstić information content (AvgIpc) is 3.05. The number of carbonyl (C=O) groups is 1. The van der Waals surface area contributed by atoms with Gasteiger partial charge in [0.2, 0.25) is 0 Å². The van der Waals surface area contributed by atoms with Crippen molar-refractivity contribution < 1.29 is 9.90 Å². The Morgan fingerprint density at radius 3 is 2.44 bits per heavy atom. The molecule has 0 aliphatic rings. The highest BCUT2D eigenvalue weighted by atomic mass is 16.3. The smallest absolute Gasteiger partial charge is 0.184 e. The molecule has 0 unspecified atom stereocenters. The summed E-state index contributed by atoms with van der Waals surface area (Å²) in [5.74, 6) is 0.162. The minimum absolute atomic E-state index is 0.0117. The zero-order valence-electron chi connectivity index (χ0n) is 14.7. The van der Waals surface area contributed by atoms with Crippen molar-refractivity contribution in [1.29, 1.82) is 0 Å². The van der Waals surface area contributed by atoms with E-state index in [4.69, 9.17) is 0 Å². The van der Waals surface area contributed by atoms with E-state index in [0.717, 1.165) is 11.1 Å². The van der Waals surface area contributed by atoms with Gasteiger partial charge in [0.15, 0.2) is 5.78 Å². The monoisotopic (exact) mass is 334 g/mol. The number of hydrogen-bond acceptors (Lipinski definition) is 3. The van der Waals surface area contributed by atoms with Crippen molar-refractivity contribution in [2.24, 2.45) is 0 Å². The van der Waals surface area contributed by atoms with Crippen LogP contribution in [0.15, 0.2) is 54.6 Å². The third-order valence-electron chi connectivity index (χ3n) is 4.20. The normalized spacial score (nSPS) is 11.5. The Labute approximate surface area is 147 Å². The quantitative estimate of drug-likeness (QED) is 0.690. The van der Waals surface area contributed by atoms with E-state index in [0.29, 0.717) is 17.8 Å². The largest absolute Gasteiger partial charge is 0.508 e. The van der Waals surface area contributed by atoms with Crippen LogP contribution in [-0.4, -0.2) is 21.1 Å². The van der Waals surface area contributed by atoms with Crippen molar-refractivity contribution in [3.8, 4) is 17.0 Å². The lowest BCUT2D eigenvalue weighted by Crippen LogP contribution is -2.11. The number of rotatable bonds is 4. The Hall–Kier alpha value is -2.88. The number of Topliss-reactive ketones (excluding diaryl/α,β-unsaturated/α-hetero) is 1. The summed E-state index contributed by atoms with van der Waals surface area (Å²) in [5.41, 5.74) is 4.20. The molecule has 0 bridgehead atoms. The number of carbonyl (C=O) groups excluding carboxylic acids is 1. The molecular formula is C21H22N2O2. The Kier molecular flexibility index (Phi) is 4.45. The molecule has 4 nitrogen and oxygen atoms in total. The summed E-state index contributed by atoms with van der Waals surface area (Å²) in [6, 6.07) is 16.7. The number of phenols is 1. The van der Waals surface area contributed by atoms with Crippen LogP contribution in [0.3, 0.4) is 0 Å². The number of hydrogen-bond donors (Lipinski definition) is 2. The molecule has 0 spiro atoms. The van der Waals surface area contributed by atoms with E-state index in [-0.39, 0.29) is 16.9 Å². The van der Waals surface area contributed by atoms with Crippen molar-refractivity contribution in [2.45, 2.75) is 32.6 Å². The Balaban J connectivity index is 1.74. The number of aromatic amines is 1. The zero-order chi connectivity index (χ0) is 18.0. The van der Waals surface area contributed by atoms with E-state index in [2.05, 4.69) is 43.1 Å². The van der Waals surface area contributed by atoms with Crippen molar-refractivity contribution in [3.05, 3.63) is 71.4 Å². The van der Waals surface area contributed by atoms with Gasteiger partial charge in [-0.15, -0.1) is 0 Å². The molecule has 0 saturated heterocycles. The van der Waals surface area contributed by atoms with Crippen LogP contribution in [-0.2, 0) is 11.8 Å². The van der Waals surface area contributed by atoms with Gasteiger partial charge in [-0.2, -0.15) is 5.10 Å². The number of ketones is 1. The zero-order valence-corrected chi connectivity index (χ0v) is 14.7. The first-order valence-corrected chi connectivity index (χ1v) is 8.30. The molecule has 3 aromatic rings. The van der Waals surface area contributed by atoms with Crippen LogP contribution >= 0.6 is 0 Å². The first kappa shape index (κ1) is 17.0. The van der Waals surface area contributed by atoms with Crippen LogP contribution in [0.4, 0.5) is 0 Å². The Morgan fingerprint density at radius 2 is 1.80 bits per heavy atom. The van der Waals surface area contributed by atoms with Crippen LogP contribution in [0, 0.1) is 0 Å². The maximum atomic E-state index is 12.5. The van der Waals surface area contributed by atoms with E-state index in [1.54, 1.807) is 24.3 Å². The summed E-state index contributed by atoms with van der Waals surface area (Å²) in [7, 11) is 0. The Bertz CT molecular complexity index is 887. The summed E-state index contributed by atoms with van der Waals surface area (Å²) in [6.07, 6.45) is 0.325. The standard InChI is InChI=1S/C21H22N2O2/c1-21(2,3)16-9-7-14(8-10-16)11-20(25)19-13-18(22-23-19)15-5-4-6-17(24)12-15/h4-10,12-13,24H,11H2,1-3H3,(H,22,23). The number of aromatic nitrogens is 2. The highest BCUT2D eigenvalue weighted by Gasteiger charge is 2.15. The molecule has 0 aliphatic carbocycles. The lowest BCUT2D eigenvalue weighted by atomic mass is 9.86. The van der Waals surface area contributed by atoms with E-state index in [1.165, 1.54) is 5.56 Å². The second-order valence-corrected chi connectivity index (χ2v) is 7.26. The van der Waals surface area contributed by atoms with Gasteiger partial charge >= 0.3 is 0 Å². The van der Waals surface area contributed by atoms with Crippen LogP contribution in [0.1, 0.15) is 42.4 Å². The molecule has 0 atom stereocenters. The maximum Gasteiger partial charge on any atom is 0.184 e. The van der Waals surface area contributed by atoms with Crippen molar-refractivity contribution in [1.82, 2.24) is 10.2 Å². The lowest BCUT2D eigenvalue weighted by molar-refractivity contribution is 0.0988. The van der Waals surface area contributed by atoms with Crippen molar-refractivity contribution >= 4 is 5.78 Å². The number of phenolic OH excluding ortho intramolecular Hbond substituents is 1. The van der Waals surface area contributed by atoms with Gasteiger partial charge in [-0.05, 0) is 34.7 Å². The second kappa shape index (κ2) is 6.55. The summed E-state index contributed by atoms with van der Waals surface area (Å²) >= 11 is 0. The van der Waals surface area contributed by atoms with Crippen molar-refractivity contribution in [3.63, 3.8) is 0 Å². The maximum absolute atomic E-state index is 12.5. The molecule has 2 N–H and O–H groups in total. The van der Waals surface area contributed by atoms with Crippen molar-refractivity contribution in [2.75, 3.05) is 0 Å². The third kappa shape index (κ3) is 3.97. The summed E-state index contributed by atoms with van der Waals surface area (Å²) in [4.78, 5) is 12.5. The van der Waals surface area contributed by atoms with Gasteiger partial charge in [0.25, 0.3) is 0 Å². The molecule has 3 rings (SSSR count). The van der Waals surface area contributed by atoms with Gasteiger partial charge in [0.05, 0.1) is 5.69 Å². The summed E-state index contributed by atoms with van der Waals surface area (Å²) in [5, 5.41) is 16.5. The van der Waals surface area contributed by atoms with Gasteiger partial charge < -0.3 is 5.11 Å². The highest BCUT2D eigenvalue weighted by molar-refractivity contribution is 5.96. The fraction of sp³-hybridized carbons (Fsp3) is 0.238. The molecule has 1 heterocycles. The summed E-state index contributed by atoms with van der Waals surface area (Å²) < 4.78 is 0. The van der Waals surface area contributed by atoms with E-state index in [1.807, 2.05) is 18.2 Å². The molecule has 0 radical (unpaired) electrons. The van der Waals surface area contributed by atoms with Gasteiger partial charge in [-0.3, -0.25) is 9.89 Å². The van der Waals surface area contributed by atoms with Gasteiger partial charge in [0, 0.05) is 12.0 Å². The van der Waals surface area contributed by atoms with Crippen LogP contribution in [0.2, 0.25) is 0 Å². The van der Waals surface area contributed by atoms with Gasteiger partial charge in [0.1, 0.15) is 11.4 Å². The average molecular weight is 334 g/mol. The van der Waals surface area contributed by atoms with E-state index >= 15 is 0 Å². The fourth-order valence-corrected chi connectivity index (χ4v) is 2.68. The van der Waals surface area contributed by atoms with Gasteiger partial charge in [-0.25, -0.2) is 0 Å². The SMILES string of the molecule is CC(C)(C)c1ccc(CC(=O)c2cc(-c3cccc(O)c3)n[nH]2)cc1. The molecule has 0 aliphatic heterocycles. The number of benzene rings is 2. The minimum Gasteiger partial charge on any atom is -0.508 e. The minimum atomic E-state index is -0.0117. The molecule has 0 saturated carbocycles. The topological polar surface area (TPSA) is 66.0 Å². The first-order chi connectivity index (χ1) is 11.8. The van der Waals surface area contributed by atoms with E-state index < -0.39 is 0 Å². The van der Waals surface area contributed by atoms with E-state index in [9.17, 15) is 9.90 Å². The predicted octanol–water partition coefficient (Wildman–Crippen LogP) is 4.51. The van der Waals surface area contributed by atoms with Crippen LogP contribution in [0.25, 0.3) is 11.3 Å². The molecule has 0 amide bonds. The first-order valence-electron chi connectivity index (χ1n) is 8.30. The predicted molar refractivity (Wildman–Crippen MR) is 98.9 cm³/mol. The fourth-order valence-electron chi connectivity index (χ4n) is 2.68.